The predicted molar refractivity (Wildman–Crippen MR) is 73.5 cm³/mol. The van der Waals surface area contributed by atoms with Crippen LogP contribution in [0, 0.1) is 0 Å². The molecule has 1 atom stereocenters. The highest BCUT2D eigenvalue weighted by atomic mass is 32.2. The van der Waals surface area contributed by atoms with E-state index in [1.54, 1.807) is 0 Å². The van der Waals surface area contributed by atoms with Crippen molar-refractivity contribution in [2.24, 2.45) is 0 Å². The van der Waals surface area contributed by atoms with E-state index in [1.807, 2.05) is 17.5 Å². The third-order valence-corrected chi connectivity index (χ3v) is 5.30. The van der Waals surface area contributed by atoms with Crippen molar-refractivity contribution in [1.29, 1.82) is 0 Å². The molecule has 1 aromatic heterocycles. The lowest BCUT2D eigenvalue weighted by molar-refractivity contribution is 0.511. The topological polar surface area (TPSA) is 24.9 Å². The van der Waals surface area contributed by atoms with E-state index in [-0.39, 0.29) is 0 Å². The van der Waals surface area contributed by atoms with Gasteiger partial charge in [0.15, 0.2) is 0 Å². The fraction of sp³-hybridized carbons (Fsp3) is 0.750. The summed E-state index contributed by atoms with van der Waals surface area (Å²) in [6.45, 7) is 3.27. The highest BCUT2D eigenvalue weighted by molar-refractivity contribution is 7.99. The fourth-order valence-electron chi connectivity index (χ4n) is 1.91. The Balaban J connectivity index is 1.66. The average molecular weight is 256 g/mol. The highest BCUT2D eigenvalue weighted by Gasteiger charge is 2.12. The first-order valence-electron chi connectivity index (χ1n) is 6.13. The van der Waals surface area contributed by atoms with Crippen LogP contribution in [0.15, 0.2) is 6.20 Å². The molecule has 1 unspecified atom stereocenters. The van der Waals surface area contributed by atoms with Gasteiger partial charge < -0.3 is 5.32 Å². The normalized spacial score (nSPS) is 21.2. The van der Waals surface area contributed by atoms with Crippen LogP contribution in [-0.2, 0) is 12.8 Å². The summed E-state index contributed by atoms with van der Waals surface area (Å²) >= 11 is 3.94. The van der Waals surface area contributed by atoms with Gasteiger partial charge in [0.05, 0.1) is 5.01 Å². The number of thioether (sulfide) groups is 1. The van der Waals surface area contributed by atoms with Gasteiger partial charge in [0.2, 0.25) is 0 Å². The van der Waals surface area contributed by atoms with Crippen LogP contribution < -0.4 is 5.32 Å². The Kier molecular flexibility index (Phi) is 5.13. The first-order valence-corrected chi connectivity index (χ1v) is 8.10. The number of aryl methyl sites for hydroxylation is 1. The van der Waals surface area contributed by atoms with Crippen molar-refractivity contribution in [2.45, 2.75) is 38.6 Å². The molecule has 0 aliphatic carbocycles. The average Bonchev–Trinajstić information content (AvgIpc) is 2.78. The van der Waals surface area contributed by atoms with Crippen molar-refractivity contribution in [3.05, 3.63) is 16.1 Å². The molecule has 2 heterocycles. The van der Waals surface area contributed by atoms with E-state index in [0.717, 1.165) is 25.4 Å². The van der Waals surface area contributed by atoms with Gasteiger partial charge in [-0.2, -0.15) is 11.8 Å². The van der Waals surface area contributed by atoms with E-state index in [0.29, 0.717) is 0 Å². The van der Waals surface area contributed by atoms with E-state index in [2.05, 4.69) is 29.0 Å². The lowest BCUT2D eigenvalue weighted by atomic mass is 10.2. The Hall–Kier alpha value is -0.0600. The van der Waals surface area contributed by atoms with E-state index in [9.17, 15) is 0 Å². The van der Waals surface area contributed by atoms with Crippen molar-refractivity contribution in [3.63, 3.8) is 0 Å². The summed E-state index contributed by atoms with van der Waals surface area (Å²) < 4.78 is 0. The van der Waals surface area contributed by atoms with Crippen LogP contribution in [0.2, 0.25) is 0 Å². The minimum absolute atomic E-state index is 0.740. The lowest BCUT2D eigenvalue weighted by Crippen LogP contribution is -2.35. The molecule has 0 amide bonds. The van der Waals surface area contributed by atoms with Gasteiger partial charge >= 0.3 is 0 Å². The zero-order valence-corrected chi connectivity index (χ0v) is 11.5. The molecule has 2 rings (SSSR count). The maximum absolute atomic E-state index is 4.44. The van der Waals surface area contributed by atoms with Crippen LogP contribution in [0.3, 0.4) is 0 Å². The second-order valence-corrected chi connectivity index (χ2v) is 6.54. The monoisotopic (exact) mass is 256 g/mol. The number of aromatic nitrogens is 1. The van der Waals surface area contributed by atoms with Crippen molar-refractivity contribution in [1.82, 2.24) is 10.3 Å². The third-order valence-electron chi connectivity index (χ3n) is 2.88. The van der Waals surface area contributed by atoms with Crippen LogP contribution in [0.25, 0.3) is 0 Å². The minimum Gasteiger partial charge on any atom is -0.313 e. The molecule has 2 nitrogen and oxygen atoms in total. The fourth-order valence-corrected chi connectivity index (χ4v) is 3.88. The molecule has 0 spiro atoms. The SMILES string of the molecule is CCc1cnc(CCNC2CCCSC2)s1. The molecule has 90 valence electrons. The van der Waals surface area contributed by atoms with Crippen molar-refractivity contribution >= 4 is 23.1 Å². The molecule has 1 aliphatic heterocycles. The maximum Gasteiger partial charge on any atom is 0.0940 e. The van der Waals surface area contributed by atoms with Crippen molar-refractivity contribution in [3.8, 4) is 0 Å². The van der Waals surface area contributed by atoms with Crippen molar-refractivity contribution in [2.75, 3.05) is 18.1 Å². The molecule has 1 saturated heterocycles. The van der Waals surface area contributed by atoms with Gasteiger partial charge in [-0.15, -0.1) is 11.3 Å². The third kappa shape index (κ3) is 3.75. The van der Waals surface area contributed by atoms with Crippen LogP contribution in [-0.4, -0.2) is 29.1 Å². The number of hydrogen-bond donors (Lipinski definition) is 1. The number of nitrogens with one attached hydrogen (secondary N) is 1. The Morgan fingerprint density at radius 2 is 2.50 bits per heavy atom. The Bertz CT molecular complexity index is 306. The Morgan fingerprint density at radius 3 is 3.19 bits per heavy atom. The Labute approximate surface area is 106 Å². The largest absolute Gasteiger partial charge is 0.313 e. The molecule has 0 saturated carbocycles. The summed E-state index contributed by atoms with van der Waals surface area (Å²) in [6, 6.07) is 0.740. The number of thiazole rings is 1. The summed E-state index contributed by atoms with van der Waals surface area (Å²) in [7, 11) is 0. The molecule has 0 radical (unpaired) electrons. The minimum atomic E-state index is 0.740. The van der Waals surface area contributed by atoms with Crippen LogP contribution in [0.5, 0.6) is 0 Å². The molecule has 1 N–H and O–H groups in total. The number of rotatable bonds is 5. The standard InChI is InChI=1S/C12H20N2S2/c1-2-11-8-14-12(16-11)5-6-13-10-4-3-7-15-9-10/h8,10,13H,2-7,9H2,1H3. The second-order valence-electron chi connectivity index (χ2n) is 4.19. The summed E-state index contributed by atoms with van der Waals surface area (Å²) in [5.74, 6) is 2.64. The molecule has 0 bridgehead atoms. The summed E-state index contributed by atoms with van der Waals surface area (Å²) in [4.78, 5) is 5.85. The smallest absolute Gasteiger partial charge is 0.0940 e. The molecule has 1 fully saturated rings. The summed E-state index contributed by atoms with van der Waals surface area (Å²) in [6.07, 6.45) is 6.96. The number of nitrogens with zero attached hydrogens (tertiary/aromatic N) is 1. The van der Waals surface area contributed by atoms with Gasteiger partial charge in [-0.05, 0) is 25.0 Å². The molecular weight excluding hydrogens is 236 g/mol. The predicted octanol–water partition coefficient (Wildman–Crippen LogP) is 2.73. The Morgan fingerprint density at radius 1 is 1.56 bits per heavy atom. The van der Waals surface area contributed by atoms with Gasteiger partial charge in [-0.3, -0.25) is 0 Å². The van der Waals surface area contributed by atoms with E-state index >= 15 is 0 Å². The first-order chi connectivity index (χ1) is 7.88. The summed E-state index contributed by atoms with van der Waals surface area (Å²) in [5.41, 5.74) is 0. The molecule has 1 aromatic rings. The van der Waals surface area contributed by atoms with Gasteiger partial charge in [0.25, 0.3) is 0 Å². The zero-order valence-electron chi connectivity index (χ0n) is 9.87. The van der Waals surface area contributed by atoms with Gasteiger partial charge in [0.1, 0.15) is 0 Å². The summed E-state index contributed by atoms with van der Waals surface area (Å²) in [5, 5.41) is 4.93. The zero-order chi connectivity index (χ0) is 11.2. The first kappa shape index (κ1) is 12.4. The van der Waals surface area contributed by atoms with Gasteiger partial charge in [-0.1, -0.05) is 6.92 Å². The van der Waals surface area contributed by atoms with Gasteiger partial charge in [-0.25, -0.2) is 4.98 Å². The quantitative estimate of drug-likeness (QED) is 0.877. The molecular formula is C12H20N2S2. The lowest BCUT2D eigenvalue weighted by Gasteiger charge is -2.22. The highest BCUT2D eigenvalue weighted by Crippen LogP contribution is 2.17. The second kappa shape index (κ2) is 6.62. The maximum atomic E-state index is 4.44. The molecule has 16 heavy (non-hydrogen) atoms. The van der Waals surface area contributed by atoms with Gasteiger partial charge in [0, 0.05) is 35.8 Å². The van der Waals surface area contributed by atoms with Crippen molar-refractivity contribution < 1.29 is 0 Å². The molecule has 4 heteroatoms. The molecule has 0 aromatic carbocycles. The van der Waals surface area contributed by atoms with E-state index in [1.165, 1.54) is 34.2 Å². The number of hydrogen-bond acceptors (Lipinski definition) is 4. The van der Waals surface area contributed by atoms with E-state index < -0.39 is 0 Å². The van der Waals surface area contributed by atoms with Crippen LogP contribution in [0.4, 0.5) is 0 Å². The van der Waals surface area contributed by atoms with Crippen LogP contribution >= 0.6 is 23.1 Å². The van der Waals surface area contributed by atoms with Crippen LogP contribution in [0.1, 0.15) is 29.7 Å². The molecule has 1 aliphatic rings. The van der Waals surface area contributed by atoms with E-state index in [4.69, 9.17) is 0 Å².